The molecular weight excluding hydrogens is 414 g/mol. The third-order valence-corrected chi connectivity index (χ3v) is 6.63. The van der Waals surface area contributed by atoms with Gasteiger partial charge in [0.25, 0.3) is 0 Å². The number of hydrogen-bond acceptors (Lipinski definition) is 2. The van der Waals surface area contributed by atoms with Crippen molar-refractivity contribution in [1.29, 1.82) is 0 Å². The molecule has 0 aliphatic heterocycles. The monoisotopic (exact) mass is 435 g/mol. The summed E-state index contributed by atoms with van der Waals surface area (Å²) in [5.74, 6) is 0. The molecule has 0 saturated carbocycles. The summed E-state index contributed by atoms with van der Waals surface area (Å²) in [6, 6.07) is 42.7. The third-order valence-electron chi connectivity index (χ3n) is 6.63. The number of fused-ring (bicyclic) bond motifs is 6. The molecule has 0 radical (unpaired) electrons. The lowest BCUT2D eigenvalue weighted by Gasteiger charge is -2.09. The fraction of sp³-hybridized carbons (Fsp3) is 0. The number of furan rings is 1. The van der Waals surface area contributed by atoms with Crippen LogP contribution >= 0.6 is 0 Å². The van der Waals surface area contributed by atoms with Crippen LogP contribution in [0.3, 0.4) is 0 Å². The highest BCUT2D eigenvalue weighted by Crippen LogP contribution is 2.33. The lowest BCUT2D eigenvalue weighted by molar-refractivity contribution is 0.669. The van der Waals surface area contributed by atoms with Crippen LogP contribution in [0.1, 0.15) is 0 Å². The molecule has 2 heteroatoms. The number of anilines is 2. The molecule has 7 aromatic rings. The van der Waals surface area contributed by atoms with Crippen LogP contribution < -0.4 is 5.32 Å². The van der Waals surface area contributed by atoms with E-state index in [-0.39, 0.29) is 0 Å². The van der Waals surface area contributed by atoms with Crippen LogP contribution in [0.4, 0.5) is 11.4 Å². The van der Waals surface area contributed by atoms with Crippen molar-refractivity contribution >= 4 is 54.9 Å². The molecule has 0 spiro atoms. The summed E-state index contributed by atoms with van der Waals surface area (Å²) < 4.78 is 6.03. The number of para-hydroxylation sites is 1. The van der Waals surface area contributed by atoms with E-state index in [1.807, 2.05) is 18.2 Å². The first-order valence-electron chi connectivity index (χ1n) is 11.5. The van der Waals surface area contributed by atoms with Crippen LogP contribution in [-0.4, -0.2) is 0 Å². The van der Waals surface area contributed by atoms with Crippen LogP contribution in [0.5, 0.6) is 0 Å². The molecule has 0 unspecified atom stereocenters. The Hall–Kier alpha value is -4.56. The van der Waals surface area contributed by atoms with Gasteiger partial charge in [0, 0.05) is 28.2 Å². The van der Waals surface area contributed by atoms with Gasteiger partial charge in [0.05, 0.1) is 0 Å². The van der Waals surface area contributed by atoms with E-state index in [0.29, 0.717) is 0 Å². The molecule has 6 aromatic carbocycles. The maximum absolute atomic E-state index is 6.03. The molecule has 0 fully saturated rings. The molecule has 0 atom stereocenters. The number of nitrogens with one attached hydrogen (secondary N) is 1. The second-order valence-corrected chi connectivity index (χ2v) is 8.73. The van der Waals surface area contributed by atoms with Gasteiger partial charge in [0.15, 0.2) is 0 Å². The van der Waals surface area contributed by atoms with Crippen molar-refractivity contribution in [3.8, 4) is 11.1 Å². The molecule has 0 aliphatic rings. The van der Waals surface area contributed by atoms with E-state index in [2.05, 4.69) is 108 Å². The summed E-state index contributed by atoms with van der Waals surface area (Å²) in [6.07, 6.45) is 0. The Labute approximate surface area is 197 Å². The Morgan fingerprint density at radius 1 is 0.412 bits per heavy atom. The normalized spacial score (nSPS) is 11.5. The zero-order valence-corrected chi connectivity index (χ0v) is 18.5. The summed E-state index contributed by atoms with van der Waals surface area (Å²) in [6.45, 7) is 0. The summed E-state index contributed by atoms with van der Waals surface area (Å²) >= 11 is 0. The largest absolute Gasteiger partial charge is 0.456 e. The van der Waals surface area contributed by atoms with Gasteiger partial charge in [-0.05, 0) is 69.1 Å². The fourth-order valence-electron chi connectivity index (χ4n) is 4.91. The van der Waals surface area contributed by atoms with E-state index in [9.17, 15) is 0 Å². The minimum Gasteiger partial charge on any atom is -0.456 e. The van der Waals surface area contributed by atoms with Crippen LogP contribution in [0, 0.1) is 0 Å². The van der Waals surface area contributed by atoms with Crippen molar-refractivity contribution in [3.63, 3.8) is 0 Å². The highest BCUT2D eigenvalue weighted by atomic mass is 16.3. The summed E-state index contributed by atoms with van der Waals surface area (Å²) in [4.78, 5) is 0. The van der Waals surface area contributed by atoms with Gasteiger partial charge < -0.3 is 9.73 Å². The van der Waals surface area contributed by atoms with Gasteiger partial charge in [-0.15, -0.1) is 0 Å². The number of hydrogen-bond donors (Lipinski definition) is 1. The van der Waals surface area contributed by atoms with Crippen molar-refractivity contribution in [2.24, 2.45) is 0 Å². The molecule has 1 aromatic heterocycles. The van der Waals surface area contributed by atoms with E-state index >= 15 is 0 Å². The minimum atomic E-state index is 0.895. The Kier molecular flexibility index (Phi) is 4.18. The maximum atomic E-state index is 6.03. The van der Waals surface area contributed by atoms with Gasteiger partial charge in [0.2, 0.25) is 0 Å². The standard InChI is InChI=1S/C32H21NO/c1-2-6-27-22(5-1)9-10-24-19-23(13-17-28(24)27)21-11-14-25(15-12-21)33-26-16-18-30-29-7-3-4-8-31(29)34-32(30)20-26/h1-20,33H. The second kappa shape index (κ2) is 7.50. The lowest BCUT2D eigenvalue weighted by Crippen LogP contribution is -1.90. The Balaban J connectivity index is 1.18. The maximum Gasteiger partial charge on any atom is 0.137 e. The fourth-order valence-corrected chi connectivity index (χ4v) is 4.91. The molecule has 160 valence electrons. The van der Waals surface area contributed by atoms with Crippen molar-refractivity contribution < 1.29 is 4.42 Å². The van der Waals surface area contributed by atoms with Crippen molar-refractivity contribution in [1.82, 2.24) is 0 Å². The zero-order valence-electron chi connectivity index (χ0n) is 18.5. The van der Waals surface area contributed by atoms with E-state index in [1.165, 1.54) is 32.7 Å². The Morgan fingerprint density at radius 2 is 1.06 bits per heavy atom. The van der Waals surface area contributed by atoms with E-state index in [4.69, 9.17) is 4.42 Å². The first kappa shape index (κ1) is 19.0. The summed E-state index contributed by atoms with van der Waals surface area (Å²) in [5, 5.41) is 10.9. The van der Waals surface area contributed by atoms with Gasteiger partial charge >= 0.3 is 0 Å². The molecule has 0 amide bonds. The Bertz CT molecular complexity index is 1830. The SMILES string of the molecule is c1ccc2c(c1)ccc1cc(-c3ccc(Nc4ccc5c(c4)oc4ccccc45)cc3)ccc12. The molecule has 1 heterocycles. The zero-order chi connectivity index (χ0) is 22.5. The van der Waals surface area contributed by atoms with Gasteiger partial charge in [-0.1, -0.05) is 78.9 Å². The highest BCUT2D eigenvalue weighted by molar-refractivity contribution is 6.08. The van der Waals surface area contributed by atoms with Gasteiger partial charge in [-0.2, -0.15) is 0 Å². The first-order chi connectivity index (χ1) is 16.8. The smallest absolute Gasteiger partial charge is 0.137 e. The number of rotatable bonds is 3. The molecule has 7 rings (SSSR count). The molecule has 0 bridgehead atoms. The molecule has 34 heavy (non-hydrogen) atoms. The van der Waals surface area contributed by atoms with E-state index < -0.39 is 0 Å². The summed E-state index contributed by atoms with van der Waals surface area (Å²) in [7, 11) is 0. The molecule has 1 N–H and O–H groups in total. The topological polar surface area (TPSA) is 25.2 Å². The molecular formula is C32H21NO. The third kappa shape index (κ3) is 3.12. The molecule has 0 saturated heterocycles. The van der Waals surface area contributed by atoms with Gasteiger partial charge in [-0.25, -0.2) is 0 Å². The average Bonchev–Trinajstić information content (AvgIpc) is 3.26. The van der Waals surface area contributed by atoms with Crippen LogP contribution in [-0.2, 0) is 0 Å². The lowest BCUT2D eigenvalue weighted by atomic mass is 9.97. The average molecular weight is 436 g/mol. The second-order valence-electron chi connectivity index (χ2n) is 8.73. The van der Waals surface area contributed by atoms with Crippen molar-refractivity contribution in [2.45, 2.75) is 0 Å². The predicted octanol–water partition coefficient (Wildman–Crippen LogP) is 9.30. The van der Waals surface area contributed by atoms with Gasteiger partial charge in [0.1, 0.15) is 11.2 Å². The minimum absolute atomic E-state index is 0.895. The van der Waals surface area contributed by atoms with E-state index in [1.54, 1.807) is 0 Å². The molecule has 2 nitrogen and oxygen atoms in total. The Morgan fingerprint density at radius 3 is 1.97 bits per heavy atom. The van der Waals surface area contributed by atoms with Crippen molar-refractivity contribution in [2.75, 3.05) is 5.32 Å². The predicted molar refractivity (Wildman–Crippen MR) is 144 cm³/mol. The van der Waals surface area contributed by atoms with Crippen LogP contribution in [0.25, 0.3) is 54.6 Å². The van der Waals surface area contributed by atoms with E-state index in [0.717, 1.165) is 33.3 Å². The van der Waals surface area contributed by atoms with Crippen molar-refractivity contribution in [3.05, 3.63) is 121 Å². The summed E-state index contributed by atoms with van der Waals surface area (Å²) in [5.41, 5.74) is 6.29. The van der Waals surface area contributed by atoms with Gasteiger partial charge in [-0.3, -0.25) is 0 Å². The molecule has 0 aliphatic carbocycles. The van der Waals surface area contributed by atoms with Crippen LogP contribution in [0.15, 0.2) is 126 Å². The van der Waals surface area contributed by atoms with Crippen LogP contribution in [0.2, 0.25) is 0 Å². The highest BCUT2D eigenvalue weighted by Gasteiger charge is 2.08. The quantitative estimate of drug-likeness (QED) is 0.280. The first-order valence-corrected chi connectivity index (χ1v) is 11.5. The number of benzene rings is 6.